The second-order valence-electron chi connectivity index (χ2n) is 5.82. The van der Waals surface area contributed by atoms with Gasteiger partial charge in [-0.2, -0.15) is 4.37 Å². The highest BCUT2D eigenvalue weighted by molar-refractivity contribution is 7.10. The van der Waals surface area contributed by atoms with Gasteiger partial charge >= 0.3 is 0 Å². The fourth-order valence-electron chi connectivity index (χ4n) is 2.87. The van der Waals surface area contributed by atoms with Crippen molar-refractivity contribution in [2.75, 3.05) is 38.5 Å². The Balaban J connectivity index is 1.66. The van der Waals surface area contributed by atoms with Gasteiger partial charge in [-0.05, 0) is 36.7 Å². The maximum atomic E-state index is 12.8. The highest BCUT2D eigenvalue weighted by Crippen LogP contribution is 2.26. The van der Waals surface area contributed by atoms with Gasteiger partial charge in [0.25, 0.3) is 11.8 Å². The maximum absolute atomic E-state index is 12.8. The van der Waals surface area contributed by atoms with Crippen molar-refractivity contribution in [1.82, 2.24) is 14.2 Å². The summed E-state index contributed by atoms with van der Waals surface area (Å²) in [6, 6.07) is 6.93. The minimum Gasteiger partial charge on any atom is -0.378 e. The van der Waals surface area contributed by atoms with E-state index in [1.807, 2.05) is 6.92 Å². The average Bonchev–Trinajstić information content (AvgIpc) is 3.01. The Hall–Kier alpha value is -2.12. The first-order chi connectivity index (χ1) is 12.0. The number of carbonyl (C=O) groups excluding carboxylic acids is 2. The van der Waals surface area contributed by atoms with Gasteiger partial charge in [0.1, 0.15) is 5.00 Å². The zero-order chi connectivity index (χ0) is 18.0. The first-order valence-electron chi connectivity index (χ1n) is 7.99. The molecule has 3 rings (SSSR count). The van der Waals surface area contributed by atoms with Crippen molar-refractivity contribution < 1.29 is 9.59 Å². The van der Waals surface area contributed by atoms with Crippen LogP contribution in [0, 0.1) is 6.92 Å². The number of hydrogen-bond donors (Lipinski definition) is 1. The molecule has 0 saturated carbocycles. The standard InChI is InChI=1S/C17H19ClN4O2S/c1-11-14(15(19-2)25-20-11)17(24)22-8-6-21(7-9-22)16(23)12-4-3-5-13(18)10-12/h3-5,10,19H,6-9H2,1-2H3. The Morgan fingerprint density at radius 1 is 1.16 bits per heavy atom. The summed E-state index contributed by atoms with van der Waals surface area (Å²) in [5.74, 6) is -0.0932. The number of hydrogen-bond acceptors (Lipinski definition) is 5. The van der Waals surface area contributed by atoms with Gasteiger partial charge in [-0.25, -0.2) is 0 Å². The number of nitrogens with one attached hydrogen (secondary N) is 1. The van der Waals surface area contributed by atoms with Crippen LogP contribution < -0.4 is 5.32 Å². The minimum absolute atomic E-state index is 0.0366. The Kier molecular flexibility index (Phi) is 5.24. The number of piperazine rings is 1. The Bertz CT molecular complexity index is 800. The molecule has 1 N–H and O–H groups in total. The van der Waals surface area contributed by atoms with Crippen LogP contribution in [0.15, 0.2) is 24.3 Å². The van der Waals surface area contributed by atoms with Gasteiger partial charge in [0.15, 0.2) is 0 Å². The van der Waals surface area contributed by atoms with E-state index in [1.54, 1.807) is 41.1 Å². The number of rotatable bonds is 3. The number of halogens is 1. The molecule has 1 aromatic heterocycles. The number of anilines is 1. The molecule has 132 valence electrons. The predicted octanol–water partition coefficient (Wildman–Crippen LogP) is 2.74. The molecule has 1 aliphatic rings. The lowest BCUT2D eigenvalue weighted by molar-refractivity contribution is 0.0535. The van der Waals surface area contributed by atoms with Gasteiger partial charge in [0, 0.05) is 43.8 Å². The van der Waals surface area contributed by atoms with Crippen molar-refractivity contribution in [3.63, 3.8) is 0 Å². The van der Waals surface area contributed by atoms with Crippen LogP contribution in [0.3, 0.4) is 0 Å². The fourth-order valence-corrected chi connectivity index (χ4v) is 3.79. The molecule has 0 atom stereocenters. The molecule has 1 saturated heterocycles. The van der Waals surface area contributed by atoms with Gasteiger partial charge in [-0.1, -0.05) is 17.7 Å². The van der Waals surface area contributed by atoms with Gasteiger partial charge < -0.3 is 15.1 Å². The first kappa shape index (κ1) is 17.7. The molecule has 1 aromatic carbocycles. The summed E-state index contributed by atoms with van der Waals surface area (Å²) >= 11 is 7.25. The van der Waals surface area contributed by atoms with Crippen molar-refractivity contribution in [3.05, 3.63) is 46.1 Å². The number of aromatic nitrogens is 1. The molecule has 0 unspecified atom stereocenters. The highest BCUT2D eigenvalue weighted by Gasteiger charge is 2.28. The molecule has 0 spiro atoms. The number of carbonyl (C=O) groups is 2. The van der Waals surface area contributed by atoms with E-state index in [4.69, 9.17) is 11.6 Å². The zero-order valence-electron chi connectivity index (χ0n) is 14.1. The summed E-state index contributed by atoms with van der Waals surface area (Å²) in [4.78, 5) is 28.9. The summed E-state index contributed by atoms with van der Waals surface area (Å²) in [5.41, 5.74) is 1.93. The molecular formula is C17H19ClN4O2S. The van der Waals surface area contributed by atoms with Crippen LogP contribution in [-0.4, -0.2) is 59.2 Å². The van der Waals surface area contributed by atoms with Crippen LogP contribution in [0.1, 0.15) is 26.4 Å². The predicted molar refractivity (Wildman–Crippen MR) is 99.7 cm³/mol. The van der Waals surface area contributed by atoms with Crippen molar-refractivity contribution in [3.8, 4) is 0 Å². The van der Waals surface area contributed by atoms with Crippen molar-refractivity contribution in [2.45, 2.75) is 6.92 Å². The zero-order valence-corrected chi connectivity index (χ0v) is 15.7. The number of benzene rings is 1. The maximum Gasteiger partial charge on any atom is 0.258 e. The molecule has 8 heteroatoms. The lowest BCUT2D eigenvalue weighted by Gasteiger charge is -2.35. The van der Waals surface area contributed by atoms with Crippen molar-refractivity contribution in [2.24, 2.45) is 0 Å². The second kappa shape index (κ2) is 7.41. The molecule has 1 aliphatic heterocycles. The first-order valence-corrected chi connectivity index (χ1v) is 9.14. The van der Waals surface area contributed by atoms with Crippen molar-refractivity contribution >= 4 is 39.9 Å². The van der Waals surface area contributed by atoms with Crippen LogP contribution >= 0.6 is 23.1 Å². The lowest BCUT2D eigenvalue weighted by atomic mass is 10.1. The van der Waals surface area contributed by atoms with Crippen LogP contribution in [0.25, 0.3) is 0 Å². The highest BCUT2D eigenvalue weighted by atomic mass is 35.5. The van der Waals surface area contributed by atoms with E-state index in [-0.39, 0.29) is 11.8 Å². The minimum atomic E-state index is -0.0566. The quantitative estimate of drug-likeness (QED) is 0.891. The molecule has 2 heterocycles. The number of aryl methyl sites for hydroxylation is 1. The average molecular weight is 379 g/mol. The van der Waals surface area contributed by atoms with Gasteiger partial charge in [0.05, 0.1) is 11.3 Å². The summed E-state index contributed by atoms with van der Waals surface area (Å²) in [6.07, 6.45) is 0. The lowest BCUT2D eigenvalue weighted by Crippen LogP contribution is -2.50. The Morgan fingerprint density at radius 3 is 2.40 bits per heavy atom. The molecular weight excluding hydrogens is 360 g/mol. The number of nitrogens with zero attached hydrogens (tertiary/aromatic N) is 3. The van der Waals surface area contributed by atoms with Crippen LogP contribution in [0.4, 0.5) is 5.00 Å². The third kappa shape index (κ3) is 3.62. The summed E-state index contributed by atoms with van der Waals surface area (Å²) in [5, 5.41) is 4.34. The second-order valence-corrected chi connectivity index (χ2v) is 7.03. The Labute approximate surface area is 155 Å². The summed E-state index contributed by atoms with van der Waals surface area (Å²) in [7, 11) is 1.78. The van der Waals surface area contributed by atoms with E-state index in [1.165, 1.54) is 11.5 Å². The van der Waals surface area contributed by atoms with Crippen LogP contribution in [0.5, 0.6) is 0 Å². The van der Waals surface area contributed by atoms with Gasteiger partial charge in [-0.15, -0.1) is 0 Å². The van der Waals surface area contributed by atoms with E-state index < -0.39 is 0 Å². The smallest absolute Gasteiger partial charge is 0.258 e. The number of amides is 2. The van der Waals surface area contributed by atoms with Crippen LogP contribution in [0.2, 0.25) is 5.02 Å². The van der Waals surface area contributed by atoms with E-state index in [0.29, 0.717) is 42.3 Å². The molecule has 6 nitrogen and oxygen atoms in total. The molecule has 2 amide bonds. The normalized spacial score (nSPS) is 14.5. The molecule has 0 aliphatic carbocycles. The molecule has 1 fully saturated rings. The van der Waals surface area contributed by atoms with E-state index >= 15 is 0 Å². The molecule has 0 radical (unpaired) electrons. The Morgan fingerprint density at radius 2 is 1.80 bits per heavy atom. The van der Waals surface area contributed by atoms with Crippen LogP contribution in [-0.2, 0) is 0 Å². The topological polar surface area (TPSA) is 65.5 Å². The third-order valence-electron chi connectivity index (χ3n) is 4.23. The van der Waals surface area contributed by atoms with E-state index in [0.717, 1.165) is 10.7 Å². The fraction of sp³-hybridized carbons (Fsp3) is 0.353. The van der Waals surface area contributed by atoms with E-state index in [2.05, 4.69) is 9.69 Å². The largest absolute Gasteiger partial charge is 0.378 e. The SMILES string of the molecule is CNc1snc(C)c1C(=O)N1CCN(C(=O)c2cccc(Cl)c2)CC1. The third-order valence-corrected chi connectivity index (χ3v) is 5.42. The molecule has 2 aromatic rings. The summed E-state index contributed by atoms with van der Waals surface area (Å²) in [6.45, 7) is 3.85. The molecule has 25 heavy (non-hydrogen) atoms. The van der Waals surface area contributed by atoms with E-state index in [9.17, 15) is 9.59 Å². The van der Waals surface area contributed by atoms with Crippen molar-refractivity contribution in [1.29, 1.82) is 0 Å². The van der Waals surface area contributed by atoms with Gasteiger partial charge in [0.2, 0.25) is 0 Å². The van der Waals surface area contributed by atoms with Gasteiger partial charge in [-0.3, -0.25) is 9.59 Å². The monoisotopic (exact) mass is 378 g/mol. The molecule has 0 bridgehead atoms. The summed E-state index contributed by atoms with van der Waals surface area (Å²) < 4.78 is 4.25.